The molecule has 0 bridgehead atoms. The molecule has 1 aliphatic rings. The van der Waals surface area contributed by atoms with Crippen LogP contribution in [0.3, 0.4) is 0 Å². The first-order valence-corrected chi connectivity index (χ1v) is 2.74. The summed E-state index contributed by atoms with van der Waals surface area (Å²) in [5.74, 6) is 0. The zero-order valence-corrected chi connectivity index (χ0v) is 5.15. The van der Waals surface area contributed by atoms with Crippen LogP contribution in [0.25, 0.3) is 0 Å². The molecule has 1 N–H and O–H groups in total. The van der Waals surface area contributed by atoms with E-state index in [4.69, 9.17) is 0 Å². The van der Waals surface area contributed by atoms with E-state index in [1.165, 1.54) is 0 Å². The fraction of sp³-hybridized carbons (Fsp3) is 0. The van der Waals surface area contributed by atoms with E-state index in [1.54, 1.807) is 24.4 Å². The highest BCUT2D eigenvalue weighted by atomic mass is 16.6. The van der Waals surface area contributed by atoms with E-state index in [1.807, 2.05) is 0 Å². The van der Waals surface area contributed by atoms with Gasteiger partial charge in [-0.25, -0.2) is 0 Å². The molecule has 0 saturated heterocycles. The second-order valence-electron chi connectivity index (χ2n) is 1.73. The minimum absolute atomic E-state index is 0.493. The summed E-state index contributed by atoms with van der Waals surface area (Å²) in [6.45, 7) is 0. The highest BCUT2D eigenvalue weighted by Crippen LogP contribution is 1.97. The zero-order chi connectivity index (χ0) is 7.40. The van der Waals surface area contributed by atoms with Crippen molar-refractivity contribution in [3.8, 4) is 0 Å². The van der Waals surface area contributed by atoms with Gasteiger partial charge in [0.25, 0.3) is 6.20 Å². The van der Waals surface area contributed by atoms with Gasteiger partial charge in [-0.2, -0.15) is 0 Å². The van der Waals surface area contributed by atoms with E-state index in [0.717, 1.165) is 6.20 Å². The molecule has 52 valence electrons. The van der Waals surface area contributed by atoms with Crippen molar-refractivity contribution in [1.29, 1.82) is 0 Å². The van der Waals surface area contributed by atoms with Crippen LogP contribution in [-0.2, 0) is 0 Å². The highest BCUT2D eigenvalue weighted by Gasteiger charge is 1.96. The maximum atomic E-state index is 9.90. The maximum Gasteiger partial charge on any atom is 0.257 e. The Kier molecular flexibility index (Phi) is 1.84. The summed E-state index contributed by atoms with van der Waals surface area (Å²) in [5, 5.41) is 12.6. The predicted molar refractivity (Wildman–Crippen MR) is 36.5 cm³/mol. The van der Waals surface area contributed by atoms with Crippen LogP contribution in [0.15, 0.2) is 36.3 Å². The Morgan fingerprint density at radius 2 is 2.40 bits per heavy atom. The van der Waals surface area contributed by atoms with Gasteiger partial charge in [0.1, 0.15) is 5.70 Å². The van der Waals surface area contributed by atoms with Crippen molar-refractivity contribution in [2.45, 2.75) is 0 Å². The summed E-state index contributed by atoms with van der Waals surface area (Å²) < 4.78 is 0. The molecule has 1 aliphatic heterocycles. The third-order valence-corrected chi connectivity index (χ3v) is 0.978. The SMILES string of the molecule is O=[N+]([O-])C=C1C=CC=CN1. The van der Waals surface area contributed by atoms with Crippen molar-refractivity contribution in [3.63, 3.8) is 0 Å². The molecule has 0 aromatic heterocycles. The lowest BCUT2D eigenvalue weighted by atomic mass is 10.3. The van der Waals surface area contributed by atoms with E-state index < -0.39 is 4.92 Å². The minimum Gasteiger partial charge on any atom is -0.357 e. The quantitative estimate of drug-likeness (QED) is 0.430. The van der Waals surface area contributed by atoms with Crippen LogP contribution in [0, 0.1) is 10.1 Å². The molecule has 4 nitrogen and oxygen atoms in total. The standard InChI is InChI=1S/C6H6N2O2/c9-8(10)5-6-3-1-2-4-7-6/h1-5,7H. The third-order valence-electron chi connectivity index (χ3n) is 0.978. The number of nitrogens with zero attached hydrogens (tertiary/aromatic N) is 1. The second kappa shape index (κ2) is 2.82. The summed E-state index contributed by atoms with van der Waals surface area (Å²) in [6, 6.07) is 0. The van der Waals surface area contributed by atoms with E-state index in [9.17, 15) is 10.1 Å². The van der Waals surface area contributed by atoms with Crippen molar-refractivity contribution in [2.24, 2.45) is 0 Å². The lowest BCUT2D eigenvalue weighted by Gasteiger charge is -1.99. The molecule has 10 heavy (non-hydrogen) atoms. The molecule has 1 heterocycles. The van der Waals surface area contributed by atoms with Crippen LogP contribution in [0.5, 0.6) is 0 Å². The van der Waals surface area contributed by atoms with Gasteiger partial charge in [0.2, 0.25) is 0 Å². The maximum absolute atomic E-state index is 9.90. The van der Waals surface area contributed by atoms with Crippen LogP contribution in [0.1, 0.15) is 0 Å². The molecular weight excluding hydrogens is 132 g/mol. The number of nitrogens with one attached hydrogen (secondary N) is 1. The smallest absolute Gasteiger partial charge is 0.257 e. The van der Waals surface area contributed by atoms with Gasteiger partial charge in [0.05, 0.1) is 4.92 Å². The number of hydrogen-bond acceptors (Lipinski definition) is 3. The van der Waals surface area contributed by atoms with Gasteiger partial charge in [-0.15, -0.1) is 0 Å². The lowest BCUT2D eigenvalue weighted by molar-refractivity contribution is -0.403. The number of hydrogen-bond donors (Lipinski definition) is 1. The number of rotatable bonds is 1. The van der Waals surface area contributed by atoms with Crippen LogP contribution in [-0.4, -0.2) is 4.92 Å². The fourth-order valence-electron chi connectivity index (χ4n) is 0.601. The largest absolute Gasteiger partial charge is 0.357 e. The molecule has 0 amide bonds. The molecule has 0 fully saturated rings. The Labute approximate surface area is 57.7 Å². The highest BCUT2D eigenvalue weighted by molar-refractivity contribution is 5.25. The number of nitro groups is 1. The average molecular weight is 138 g/mol. The van der Waals surface area contributed by atoms with E-state index >= 15 is 0 Å². The molecule has 0 atom stereocenters. The molecule has 0 aromatic rings. The van der Waals surface area contributed by atoms with E-state index in [-0.39, 0.29) is 0 Å². The van der Waals surface area contributed by atoms with Gasteiger partial charge in [-0.05, 0) is 12.2 Å². The van der Waals surface area contributed by atoms with Gasteiger partial charge in [0.15, 0.2) is 0 Å². The summed E-state index contributed by atoms with van der Waals surface area (Å²) in [7, 11) is 0. The Morgan fingerprint density at radius 3 is 2.90 bits per heavy atom. The molecular formula is C6H6N2O2. The fourth-order valence-corrected chi connectivity index (χ4v) is 0.601. The Hall–Kier alpha value is -1.58. The Morgan fingerprint density at radius 1 is 1.60 bits per heavy atom. The van der Waals surface area contributed by atoms with E-state index in [2.05, 4.69) is 5.32 Å². The molecule has 0 aromatic carbocycles. The molecule has 0 saturated carbocycles. The minimum atomic E-state index is -0.494. The normalized spacial score (nSPS) is 19.0. The summed E-state index contributed by atoms with van der Waals surface area (Å²) in [4.78, 5) is 9.40. The topological polar surface area (TPSA) is 55.2 Å². The van der Waals surface area contributed by atoms with Crippen molar-refractivity contribution in [1.82, 2.24) is 5.32 Å². The number of dihydropyridines is 1. The third kappa shape index (κ3) is 1.74. The van der Waals surface area contributed by atoms with Crippen LogP contribution in [0.4, 0.5) is 0 Å². The molecule has 1 rings (SSSR count). The van der Waals surface area contributed by atoms with Crippen LogP contribution < -0.4 is 5.32 Å². The van der Waals surface area contributed by atoms with Crippen LogP contribution in [0.2, 0.25) is 0 Å². The van der Waals surface area contributed by atoms with Crippen molar-refractivity contribution < 1.29 is 4.92 Å². The lowest BCUT2D eigenvalue weighted by Crippen LogP contribution is -2.06. The first-order valence-electron chi connectivity index (χ1n) is 2.74. The second-order valence-corrected chi connectivity index (χ2v) is 1.73. The molecule has 0 unspecified atom stereocenters. The van der Waals surface area contributed by atoms with Gasteiger partial charge in [-0.1, -0.05) is 6.08 Å². The van der Waals surface area contributed by atoms with Gasteiger partial charge < -0.3 is 5.32 Å². The molecule has 4 heteroatoms. The van der Waals surface area contributed by atoms with Crippen molar-refractivity contribution in [2.75, 3.05) is 0 Å². The van der Waals surface area contributed by atoms with E-state index in [0.29, 0.717) is 5.70 Å². The Bertz CT molecular complexity index is 228. The summed E-state index contributed by atoms with van der Waals surface area (Å²) >= 11 is 0. The van der Waals surface area contributed by atoms with Gasteiger partial charge in [0, 0.05) is 6.20 Å². The molecule has 0 radical (unpaired) electrons. The predicted octanol–water partition coefficient (Wildman–Crippen LogP) is 0.778. The van der Waals surface area contributed by atoms with Crippen molar-refractivity contribution in [3.05, 3.63) is 46.4 Å². The summed E-state index contributed by atoms with van der Waals surface area (Å²) in [6.07, 6.45) is 7.67. The zero-order valence-electron chi connectivity index (χ0n) is 5.15. The van der Waals surface area contributed by atoms with Gasteiger partial charge in [-0.3, -0.25) is 10.1 Å². The Balaban J connectivity index is 2.67. The monoisotopic (exact) mass is 138 g/mol. The first-order chi connectivity index (χ1) is 4.79. The van der Waals surface area contributed by atoms with Crippen molar-refractivity contribution >= 4 is 0 Å². The van der Waals surface area contributed by atoms with Crippen LogP contribution >= 0.6 is 0 Å². The van der Waals surface area contributed by atoms with Gasteiger partial charge >= 0.3 is 0 Å². The first kappa shape index (κ1) is 6.54. The summed E-state index contributed by atoms with van der Waals surface area (Å²) in [5.41, 5.74) is 0.493. The molecule has 0 spiro atoms. The molecule has 0 aliphatic carbocycles. The average Bonchev–Trinajstić information content (AvgIpc) is 1.88. The number of allylic oxidation sites excluding steroid dienone is 3.